The normalized spacial score (nSPS) is 11.8. The average Bonchev–Trinajstić information content (AvgIpc) is 2.29. The van der Waals surface area contributed by atoms with Crippen LogP contribution in [0, 0.1) is 29.9 Å². The third-order valence-electron chi connectivity index (χ3n) is 2.80. The Bertz CT molecular complexity index is 594. The monoisotopic (exact) mass is 286 g/mol. The van der Waals surface area contributed by atoms with Gasteiger partial charge in [0.05, 0.1) is 9.82 Å². The minimum atomic E-state index is -3.71. The second-order valence-corrected chi connectivity index (χ2v) is 6.65. The molecule has 0 spiro atoms. The summed E-state index contributed by atoms with van der Waals surface area (Å²) in [6, 6.07) is 2.55. The molecule has 7 heteroatoms. The summed E-state index contributed by atoms with van der Waals surface area (Å²) in [5.41, 5.74) is 0.886. The molecule has 0 radical (unpaired) electrons. The fourth-order valence-electron chi connectivity index (χ4n) is 1.51. The van der Waals surface area contributed by atoms with Gasteiger partial charge in [-0.25, -0.2) is 13.1 Å². The van der Waals surface area contributed by atoms with Crippen molar-refractivity contribution in [1.82, 2.24) is 4.72 Å². The first-order valence-electron chi connectivity index (χ1n) is 5.90. The number of nitro groups is 1. The van der Waals surface area contributed by atoms with Crippen molar-refractivity contribution in [3.05, 3.63) is 33.4 Å². The lowest BCUT2D eigenvalue weighted by atomic mass is 10.1. The van der Waals surface area contributed by atoms with Crippen LogP contribution in [0.15, 0.2) is 17.0 Å². The Balaban J connectivity index is 3.25. The van der Waals surface area contributed by atoms with E-state index in [2.05, 4.69) is 4.72 Å². The van der Waals surface area contributed by atoms with E-state index >= 15 is 0 Å². The SMILES string of the molecule is Cc1cc(S(=O)(=O)NCC(C)C)cc([N+](=O)[O-])c1C. The lowest BCUT2D eigenvalue weighted by molar-refractivity contribution is -0.385. The van der Waals surface area contributed by atoms with Crippen LogP contribution >= 0.6 is 0 Å². The van der Waals surface area contributed by atoms with E-state index in [1.165, 1.54) is 6.07 Å². The van der Waals surface area contributed by atoms with Gasteiger partial charge in [-0.3, -0.25) is 10.1 Å². The molecule has 0 saturated heterocycles. The number of aryl methyl sites for hydroxylation is 1. The van der Waals surface area contributed by atoms with Gasteiger partial charge in [-0.1, -0.05) is 13.8 Å². The van der Waals surface area contributed by atoms with Crippen molar-refractivity contribution in [3.8, 4) is 0 Å². The summed E-state index contributed by atoms with van der Waals surface area (Å²) in [5, 5.41) is 10.9. The third kappa shape index (κ3) is 3.74. The van der Waals surface area contributed by atoms with Gasteiger partial charge >= 0.3 is 0 Å². The zero-order chi connectivity index (χ0) is 14.8. The Morgan fingerprint density at radius 3 is 2.37 bits per heavy atom. The molecular weight excluding hydrogens is 268 g/mol. The van der Waals surface area contributed by atoms with Crippen LogP contribution in [-0.4, -0.2) is 19.9 Å². The first-order valence-corrected chi connectivity index (χ1v) is 7.38. The van der Waals surface area contributed by atoms with E-state index < -0.39 is 14.9 Å². The second-order valence-electron chi connectivity index (χ2n) is 4.89. The zero-order valence-corrected chi connectivity index (χ0v) is 12.2. The Morgan fingerprint density at radius 1 is 1.32 bits per heavy atom. The minimum absolute atomic E-state index is 0.0667. The average molecular weight is 286 g/mol. The Morgan fingerprint density at radius 2 is 1.89 bits per heavy atom. The Kier molecular flexibility index (Phi) is 4.65. The molecule has 0 bridgehead atoms. The summed E-state index contributed by atoms with van der Waals surface area (Å²) < 4.78 is 26.5. The lowest BCUT2D eigenvalue weighted by Crippen LogP contribution is -2.27. The van der Waals surface area contributed by atoms with Crippen LogP contribution in [0.4, 0.5) is 5.69 Å². The van der Waals surface area contributed by atoms with Gasteiger partial charge in [-0.2, -0.15) is 0 Å². The predicted molar refractivity (Wildman–Crippen MR) is 72.6 cm³/mol. The molecule has 0 aliphatic rings. The van der Waals surface area contributed by atoms with Gasteiger partial charge in [0.25, 0.3) is 5.69 Å². The fraction of sp³-hybridized carbons (Fsp3) is 0.500. The van der Waals surface area contributed by atoms with Crippen LogP contribution in [0.3, 0.4) is 0 Å². The summed E-state index contributed by atoms with van der Waals surface area (Å²) in [5.74, 6) is 0.163. The van der Waals surface area contributed by atoms with E-state index in [1.807, 2.05) is 13.8 Å². The fourth-order valence-corrected chi connectivity index (χ4v) is 2.83. The summed E-state index contributed by atoms with van der Waals surface area (Å²) in [6.07, 6.45) is 0. The number of hydrogen-bond acceptors (Lipinski definition) is 4. The molecule has 106 valence electrons. The standard InChI is InChI=1S/C12H18N2O4S/c1-8(2)7-13-19(17,18)11-5-9(3)10(4)12(6-11)14(15)16/h5-6,8,13H,7H2,1-4H3. The molecule has 0 saturated carbocycles. The smallest absolute Gasteiger partial charge is 0.258 e. The zero-order valence-electron chi connectivity index (χ0n) is 11.4. The first-order chi connectivity index (χ1) is 8.65. The number of nitrogens with zero attached hydrogens (tertiary/aromatic N) is 1. The number of sulfonamides is 1. The van der Waals surface area contributed by atoms with Gasteiger partial charge in [0, 0.05) is 18.2 Å². The second kappa shape index (κ2) is 5.66. The quantitative estimate of drug-likeness (QED) is 0.663. The van der Waals surface area contributed by atoms with Crippen molar-refractivity contribution in [1.29, 1.82) is 0 Å². The maximum absolute atomic E-state index is 12.0. The first kappa shape index (κ1) is 15.6. The van der Waals surface area contributed by atoms with Crippen molar-refractivity contribution >= 4 is 15.7 Å². The van der Waals surface area contributed by atoms with Crippen LogP contribution in [0.25, 0.3) is 0 Å². The van der Waals surface area contributed by atoms with E-state index in [0.717, 1.165) is 6.07 Å². The van der Waals surface area contributed by atoms with Crippen molar-refractivity contribution < 1.29 is 13.3 Å². The predicted octanol–water partition coefficient (Wildman–Crippen LogP) is 2.15. The van der Waals surface area contributed by atoms with E-state index in [4.69, 9.17) is 0 Å². The van der Waals surface area contributed by atoms with Crippen LogP contribution in [0.1, 0.15) is 25.0 Å². The van der Waals surface area contributed by atoms with E-state index in [9.17, 15) is 18.5 Å². The molecule has 0 fully saturated rings. The van der Waals surface area contributed by atoms with Crippen molar-refractivity contribution in [2.24, 2.45) is 5.92 Å². The van der Waals surface area contributed by atoms with Gasteiger partial charge in [-0.15, -0.1) is 0 Å². The Hall–Kier alpha value is -1.47. The van der Waals surface area contributed by atoms with Gasteiger partial charge in [0.2, 0.25) is 10.0 Å². The maximum atomic E-state index is 12.0. The molecule has 1 aromatic carbocycles. The molecule has 0 aliphatic heterocycles. The molecule has 1 rings (SSSR count). The van der Waals surface area contributed by atoms with Gasteiger partial charge in [0.1, 0.15) is 0 Å². The number of rotatable bonds is 5. The van der Waals surface area contributed by atoms with Crippen LogP contribution in [0.2, 0.25) is 0 Å². The topological polar surface area (TPSA) is 89.3 Å². The largest absolute Gasteiger partial charge is 0.273 e. The van der Waals surface area contributed by atoms with E-state index in [0.29, 0.717) is 17.7 Å². The highest BCUT2D eigenvalue weighted by atomic mass is 32.2. The molecule has 0 heterocycles. The third-order valence-corrected chi connectivity index (χ3v) is 4.21. The van der Waals surface area contributed by atoms with Gasteiger partial charge in [0.15, 0.2) is 0 Å². The molecule has 0 unspecified atom stereocenters. The number of hydrogen-bond donors (Lipinski definition) is 1. The molecule has 0 aliphatic carbocycles. The molecule has 0 atom stereocenters. The number of nitro benzene ring substituents is 1. The summed E-state index contributed by atoms with van der Waals surface area (Å²) in [6.45, 7) is 7.31. The summed E-state index contributed by atoms with van der Waals surface area (Å²) in [4.78, 5) is 10.3. The van der Waals surface area contributed by atoms with Crippen LogP contribution in [0.5, 0.6) is 0 Å². The van der Waals surface area contributed by atoms with Gasteiger partial charge in [-0.05, 0) is 31.4 Å². The van der Waals surface area contributed by atoms with Gasteiger partial charge < -0.3 is 0 Å². The molecule has 19 heavy (non-hydrogen) atoms. The van der Waals surface area contributed by atoms with E-state index in [1.54, 1.807) is 13.8 Å². The number of benzene rings is 1. The van der Waals surface area contributed by atoms with E-state index in [-0.39, 0.29) is 16.5 Å². The van der Waals surface area contributed by atoms with Crippen LogP contribution < -0.4 is 4.72 Å². The molecule has 6 nitrogen and oxygen atoms in total. The molecule has 0 amide bonds. The maximum Gasteiger partial charge on any atom is 0.273 e. The van der Waals surface area contributed by atoms with Crippen LogP contribution in [-0.2, 0) is 10.0 Å². The molecule has 0 aromatic heterocycles. The minimum Gasteiger partial charge on any atom is -0.258 e. The number of nitrogens with one attached hydrogen (secondary N) is 1. The summed E-state index contributed by atoms with van der Waals surface area (Å²) >= 11 is 0. The molecule has 1 N–H and O–H groups in total. The summed E-state index contributed by atoms with van der Waals surface area (Å²) in [7, 11) is -3.71. The highest BCUT2D eigenvalue weighted by molar-refractivity contribution is 7.89. The van der Waals surface area contributed by atoms with Crippen molar-refractivity contribution in [3.63, 3.8) is 0 Å². The molecular formula is C12H18N2O4S. The van der Waals surface area contributed by atoms with Crippen molar-refractivity contribution in [2.75, 3.05) is 6.54 Å². The lowest BCUT2D eigenvalue weighted by Gasteiger charge is -2.10. The Labute approximate surface area is 113 Å². The molecule has 1 aromatic rings. The highest BCUT2D eigenvalue weighted by Gasteiger charge is 2.21. The van der Waals surface area contributed by atoms with Crippen molar-refractivity contribution in [2.45, 2.75) is 32.6 Å². The highest BCUT2D eigenvalue weighted by Crippen LogP contribution is 2.25.